The Morgan fingerprint density at radius 3 is 2.44 bits per heavy atom. The summed E-state index contributed by atoms with van der Waals surface area (Å²) in [6, 6.07) is 5.94. The van der Waals surface area contributed by atoms with Crippen LogP contribution in [0.2, 0.25) is 0 Å². The highest BCUT2D eigenvalue weighted by Crippen LogP contribution is 2.27. The van der Waals surface area contributed by atoms with E-state index >= 15 is 0 Å². The van der Waals surface area contributed by atoms with E-state index in [-0.39, 0.29) is 0 Å². The molecule has 0 amide bonds. The molecule has 100 valence electrons. The quantitative estimate of drug-likeness (QED) is 0.569. The molecule has 0 unspecified atom stereocenters. The number of nitrogens with one attached hydrogen (secondary N) is 1. The number of aliphatic hydroxyl groups is 1. The van der Waals surface area contributed by atoms with Gasteiger partial charge in [0.1, 0.15) is 0 Å². The Bertz CT molecular complexity index is 375. The van der Waals surface area contributed by atoms with Gasteiger partial charge in [0.2, 0.25) is 0 Å². The van der Waals surface area contributed by atoms with Crippen LogP contribution < -0.4 is 11.1 Å². The number of hydrogen-bond donors (Lipinski definition) is 3. The molecule has 0 atom stereocenters. The van der Waals surface area contributed by atoms with Crippen molar-refractivity contribution >= 4 is 11.4 Å². The first kappa shape index (κ1) is 13.2. The lowest BCUT2D eigenvalue weighted by Gasteiger charge is -2.27. The monoisotopic (exact) mass is 248 g/mol. The predicted molar refractivity (Wildman–Crippen MR) is 76.7 cm³/mol. The topological polar surface area (TPSA) is 58.3 Å². The summed E-state index contributed by atoms with van der Waals surface area (Å²) in [6.07, 6.45) is 6.57. The molecule has 0 aromatic heterocycles. The van der Waals surface area contributed by atoms with Gasteiger partial charge in [-0.05, 0) is 43.5 Å². The largest absolute Gasteiger partial charge is 0.399 e. The molecular formula is C15H24N2O. The Morgan fingerprint density at radius 1 is 1.17 bits per heavy atom. The van der Waals surface area contributed by atoms with Gasteiger partial charge in [0, 0.05) is 17.9 Å². The van der Waals surface area contributed by atoms with Crippen LogP contribution in [0.25, 0.3) is 0 Å². The van der Waals surface area contributed by atoms with Crippen LogP contribution in [0.15, 0.2) is 18.2 Å². The highest BCUT2D eigenvalue weighted by molar-refractivity contribution is 5.56. The van der Waals surface area contributed by atoms with Crippen LogP contribution in [-0.2, 0) is 0 Å². The SMILES string of the molecule is Cc1cc(N)cc(NCC2(O)CCCCCC2)c1. The fourth-order valence-electron chi connectivity index (χ4n) is 2.74. The van der Waals surface area contributed by atoms with Gasteiger partial charge in [0.15, 0.2) is 0 Å². The molecule has 1 aliphatic carbocycles. The minimum absolute atomic E-state index is 0.547. The lowest BCUT2D eigenvalue weighted by Crippen LogP contribution is -2.36. The molecule has 0 spiro atoms. The van der Waals surface area contributed by atoms with Crippen LogP contribution in [0.1, 0.15) is 44.1 Å². The molecule has 1 aromatic rings. The standard InChI is InChI=1S/C15H24N2O/c1-12-8-13(16)10-14(9-12)17-11-15(18)6-4-2-3-5-7-15/h8-10,17-18H,2-7,11,16H2,1H3. The van der Waals surface area contributed by atoms with Crippen LogP contribution in [0.5, 0.6) is 0 Å². The zero-order chi connectivity index (χ0) is 13.0. The van der Waals surface area contributed by atoms with Gasteiger partial charge in [0.05, 0.1) is 5.60 Å². The summed E-state index contributed by atoms with van der Waals surface area (Å²) in [5.41, 5.74) is 8.19. The van der Waals surface area contributed by atoms with E-state index in [0.717, 1.165) is 42.6 Å². The minimum Gasteiger partial charge on any atom is -0.399 e. The van der Waals surface area contributed by atoms with E-state index < -0.39 is 5.60 Å². The smallest absolute Gasteiger partial charge is 0.0819 e. The van der Waals surface area contributed by atoms with Crippen molar-refractivity contribution in [3.63, 3.8) is 0 Å². The van der Waals surface area contributed by atoms with E-state index in [1.807, 2.05) is 19.1 Å². The fraction of sp³-hybridized carbons (Fsp3) is 0.600. The van der Waals surface area contributed by atoms with Gasteiger partial charge in [-0.3, -0.25) is 0 Å². The number of nitrogens with two attached hydrogens (primary N) is 1. The second-order valence-electron chi connectivity index (χ2n) is 5.62. The van der Waals surface area contributed by atoms with E-state index in [9.17, 15) is 5.11 Å². The Balaban J connectivity index is 1.97. The van der Waals surface area contributed by atoms with E-state index in [2.05, 4.69) is 11.4 Å². The summed E-state index contributed by atoms with van der Waals surface area (Å²) in [7, 11) is 0. The van der Waals surface area contributed by atoms with Gasteiger partial charge in [-0.15, -0.1) is 0 Å². The molecule has 2 rings (SSSR count). The zero-order valence-electron chi connectivity index (χ0n) is 11.2. The second kappa shape index (κ2) is 5.61. The highest BCUT2D eigenvalue weighted by atomic mass is 16.3. The minimum atomic E-state index is -0.547. The third kappa shape index (κ3) is 3.64. The van der Waals surface area contributed by atoms with Crippen molar-refractivity contribution in [2.75, 3.05) is 17.6 Å². The van der Waals surface area contributed by atoms with Crippen LogP contribution in [0, 0.1) is 6.92 Å². The Morgan fingerprint density at radius 2 is 1.83 bits per heavy atom. The number of aryl methyl sites for hydroxylation is 1. The van der Waals surface area contributed by atoms with Crippen molar-refractivity contribution in [3.05, 3.63) is 23.8 Å². The number of rotatable bonds is 3. The summed E-state index contributed by atoms with van der Waals surface area (Å²) in [6.45, 7) is 2.65. The van der Waals surface area contributed by atoms with Gasteiger partial charge in [0.25, 0.3) is 0 Å². The lowest BCUT2D eigenvalue weighted by atomic mass is 9.94. The molecule has 0 aliphatic heterocycles. The Labute approximate surface area is 109 Å². The predicted octanol–water partition coefficient (Wildman–Crippen LogP) is 3.07. The van der Waals surface area contributed by atoms with E-state index in [1.165, 1.54) is 12.8 Å². The van der Waals surface area contributed by atoms with Crippen molar-refractivity contribution in [3.8, 4) is 0 Å². The molecule has 1 aliphatic rings. The van der Waals surface area contributed by atoms with Crippen LogP contribution in [0.3, 0.4) is 0 Å². The summed E-state index contributed by atoms with van der Waals surface area (Å²) in [5, 5.41) is 13.9. The fourth-order valence-corrected chi connectivity index (χ4v) is 2.74. The average Bonchev–Trinajstić information content (AvgIpc) is 2.51. The molecule has 3 heteroatoms. The summed E-state index contributed by atoms with van der Waals surface area (Å²) >= 11 is 0. The van der Waals surface area contributed by atoms with Crippen molar-refractivity contribution < 1.29 is 5.11 Å². The molecule has 0 saturated heterocycles. The molecule has 4 N–H and O–H groups in total. The third-order valence-corrected chi connectivity index (χ3v) is 3.76. The maximum atomic E-state index is 10.6. The number of hydrogen-bond acceptors (Lipinski definition) is 3. The van der Waals surface area contributed by atoms with E-state index in [0.29, 0.717) is 6.54 Å². The molecule has 1 aromatic carbocycles. The van der Waals surface area contributed by atoms with Crippen LogP contribution in [0.4, 0.5) is 11.4 Å². The maximum absolute atomic E-state index is 10.6. The maximum Gasteiger partial charge on any atom is 0.0819 e. The zero-order valence-corrected chi connectivity index (χ0v) is 11.2. The number of nitrogen functional groups attached to an aromatic ring is 1. The van der Waals surface area contributed by atoms with Gasteiger partial charge in [-0.2, -0.15) is 0 Å². The first-order valence-electron chi connectivity index (χ1n) is 6.91. The Hall–Kier alpha value is -1.22. The Kier molecular flexibility index (Phi) is 4.12. The normalized spacial score (nSPS) is 19.2. The number of benzene rings is 1. The van der Waals surface area contributed by atoms with Crippen LogP contribution >= 0.6 is 0 Å². The summed E-state index contributed by atoms with van der Waals surface area (Å²) in [4.78, 5) is 0. The molecule has 1 saturated carbocycles. The van der Waals surface area contributed by atoms with E-state index in [1.54, 1.807) is 0 Å². The van der Waals surface area contributed by atoms with Crippen molar-refractivity contribution in [2.45, 2.75) is 51.0 Å². The molecule has 0 radical (unpaired) electrons. The van der Waals surface area contributed by atoms with Gasteiger partial charge >= 0.3 is 0 Å². The third-order valence-electron chi connectivity index (χ3n) is 3.76. The van der Waals surface area contributed by atoms with E-state index in [4.69, 9.17) is 5.73 Å². The summed E-state index contributed by atoms with van der Waals surface area (Å²) < 4.78 is 0. The number of anilines is 2. The second-order valence-corrected chi connectivity index (χ2v) is 5.62. The molecule has 0 bridgehead atoms. The van der Waals surface area contributed by atoms with Crippen molar-refractivity contribution in [2.24, 2.45) is 0 Å². The summed E-state index contributed by atoms with van der Waals surface area (Å²) in [5.74, 6) is 0. The average molecular weight is 248 g/mol. The molecule has 3 nitrogen and oxygen atoms in total. The molecular weight excluding hydrogens is 224 g/mol. The van der Waals surface area contributed by atoms with Crippen LogP contribution in [-0.4, -0.2) is 17.3 Å². The van der Waals surface area contributed by atoms with Crippen molar-refractivity contribution in [1.82, 2.24) is 0 Å². The van der Waals surface area contributed by atoms with Gasteiger partial charge in [-0.25, -0.2) is 0 Å². The van der Waals surface area contributed by atoms with Gasteiger partial charge in [-0.1, -0.05) is 25.7 Å². The lowest BCUT2D eigenvalue weighted by molar-refractivity contribution is 0.0381. The first-order valence-corrected chi connectivity index (χ1v) is 6.91. The molecule has 1 fully saturated rings. The first-order chi connectivity index (χ1) is 8.57. The van der Waals surface area contributed by atoms with Crippen molar-refractivity contribution in [1.29, 1.82) is 0 Å². The van der Waals surface area contributed by atoms with Gasteiger partial charge < -0.3 is 16.2 Å². The highest BCUT2D eigenvalue weighted by Gasteiger charge is 2.27. The molecule has 0 heterocycles. The molecule has 18 heavy (non-hydrogen) atoms.